The topological polar surface area (TPSA) is 48.3 Å². The van der Waals surface area contributed by atoms with Gasteiger partial charge in [-0.2, -0.15) is 0 Å². The first-order valence-corrected chi connectivity index (χ1v) is 6.73. The fraction of sp³-hybridized carbons (Fsp3) is 0.333. The van der Waals surface area contributed by atoms with Gasteiger partial charge in [0.15, 0.2) is 5.78 Å². The highest BCUT2D eigenvalue weighted by atomic mass is 35.5. The van der Waals surface area contributed by atoms with Crippen molar-refractivity contribution in [1.29, 1.82) is 0 Å². The summed E-state index contributed by atoms with van der Waals surface area (Å²) < 4.78 is 6.68. The molecule has 0 saturated carbocycles. The predicted molar refractivity (Wildman–Crippen MR) is 78.7 cm³/mol. The summed E-state index contributed by atoms with van der Waals surface area (Å²) in [4.78, 5) is 23.6. The van der Waals surface area contributed by atoms with E-state index in [2.05, 4.69) is 0 Å². The van der Waals surface area contributed by atoms with Gasteiger partial charge in [0.25, 0.3) is 0 Å². The van der Waals surface area contributed by atoms with E-state index < -0.39 is 6.09 Å². The van der Waals surface area contributed by atoms with Crippen molar-refractivity contribution in [2.45, 2.75) is 33.8 Å². The zero-order valence-electron chi connectivity index (χ0n) is 11.9. The van der Waals surface area contributed by atoms with Gasteiger partial charge in [-0.3, -0.25) is 4.79 Å². The molecule has 0 radical (unpaired) electrons. The lowest BCUT2D eigenvalue weighted by Gasteiger charge is -2.11. The fourth-order valence-corrected chi connectivity index (χ4v) is 2.49. The molecule has 2 aromatic rings. The Morgan fingerprint density at radius 1 is 1.30 bits per heavy atom. The van der Waals surface area contributed by atoms with Crippen LogP contribution in [0.4, 0.5) is 4.79 Å². The Balaban J connectivity index is 2.64. The van der Waals surface area contributed by atoms with Crippen LogP contribution in [-0.2, 0) is 4.74 Å². The molecule has 0 bridgehead atoms. The number of hydrogen-bond acceptors (Lipinski definition) is 3. The van der Waals surface area contributed by atoms with Crippen molar-refractivity contribution in [2.75, 3.05) is 0 Å². The number of carbonyl (C=O) groups excluding carboxylic acids is 2. The maximum Gasteiger partial charge on any atom is 0.418 e. The number of halogens is 1. The first-order chi connectivity index (χ1) is 9.32. The molecule has 106 valence electrons. The highest BCUT2D eigenvalue weighted by Crippen LogP contribution is 2.30. The van der Waals surface area contributed by atoms with Crippen LogP contribution in [0.1, 0.15) is 36.8 Å². The molecule has 0 aliphatic rings. The van der Waals surface area contributed by atoms with Gasteiger partial charge in [-0.1, -0.05) is 11.6 Å². The Morgan fingerprint density at radius 2 is 1.95 bits per heavy atom. The summed E-state index contributed by atoms with van der Waals surface area (Å²) >= 11 is 6.25. The molecule has 0 fully saturated rings. The van der Waals surface area contributed by atoms with Crippen LogP contribution in [0, 0.1) is 6.92 Å². The summed E-state index contributed by atoms with van der Waals surface area (Å²) in [5.41, 5.74) is 1.81. The summed E-state index contributed by atoms with van der Waals surface area (Å²) in [7, 11) is 0. The normalized spacial score (nSPS) is 11.1. The minimum absolute atomic E-state index is 0.105. The van der Waals surface area contributed by atoms with Crippen molar-refractivity contribution in [3.05, 3.63) is 34.5 Å². The van der Waals surface area contributed by atoms with E-state index in [9.17, 15) is 9.59 Å². The standard InChI is InChI=1S/C15H16ClNO3/c1-8(2)20-15(19)17-9(3)7-12-13(17)6-5-11(10(4)18)14(12)16/h5-8H,1-4H3. The molecule has 20 heavy (non-hydrogen) atoms. The van der Waals surface area contributed by atoms with Crippen molar-refractivity contribution >= 4 is 34.4 Å². The SMILES string of the molecule is CC(=O)c1ccc2c(cc(C)n2C(=O)OC(C)C)c1Cl. The first kappa shape index (κ1) is 14.6. The van der Waals surface area contributed by atoms with Crippen LogP contribution in [0.2, 0.25) is 5.02 Å². The van der Waals surface area contributed by atoms with Crippen molar-refractivity contribution in [2.24, 2.45) is 0 Å². The van der Waals surface area contributed by atoms with Gasteiger partial charge in [0.1, 0.15) is 0 Å². The number of nitrogens with zero attached hydrogens (tertiary/aromatic N) is 1. The molecule has 0 spiro atoms. The lowest BCUT2D eigenvalue weighted by molar-refractivity contribution is 0.101. The molecule has 1 heterocycles. The van der Waals surface area contributed by atoms with Crippen molar-refractivity contribution in [1.82, 2.24) is 4.57 Å². The summed E-state index contributed by atoms with van der Waals surface area (Å²) in [5.74, 6) is -0.105. The summed E-state index contributed by atoms with van der Waals surface area (Å²) in [6.45, 7) is 6.84. The number of ether oxygens (including phenoxy) is 1. The van der Waals surface area contributed by atoms with Crippen LogP contribution in [0.3, 0.4) is 0 Å². The third-order valence-electron chi connectivity index (χ3n) is 3.00. The number of ketones is 1. The summed E-state index contributed by atoms with van der Waals surface area (Å²) in [5, 5.41) is 1.05. The second kappa shape index (κ2) is 5.29. The van der Waals surface area contributed by atoms with Crippen LogP contribution in [0.5, 0.6) is 0 Å². The van der Waals surface area contributed by atoms with Crippen LogP contribution >= 0.6 is 11.6 Å². The lowest BCUT2D eigenvalue weighted by atomic mass is 10.1. The third kappa shape index (κ3) is 2.43. The van der Waals surface area contributed by atoms with E-state index in [0.29, 0.717) is 27.2 Å². The Bertz CT molecular complexity index is 701. The summed E-state index contributed by atoms with van der Waals surface area (Å²) in [6.07, 6.45) is -0.648. The Labute approximate surface area is 122 Å². The van der Waals surface area contributed by atoms with Crippen LogP contribution in [0.25, 0.3) is 10.9 Å². The maximum atomic E-state index is 12.1. The molecule has 0 aliphatic carbocycles. The second-order valence-corrected chi connectivity index (χ2v) is 5.35. The van der Waals surface area contributed by atoms with Gasteiger partial charge in [0, 0.05) is 16.6 Å². The van der Waals surface area contributed by atoms with Gasteiger partial charge < -0.3 is 4.74 Å². The second-order valence-electron chi connectivity index (χ2n) is 4.97. The fourth-order valence-electron chi connectivity index (χ4n) is 2.15. The van der Waals surface area contributed by atoms with Crippen molar-refractivity contribution < 1.29 is 14.3 Å². The zero-order valence-corrected chi connectivity index (χ0v) is 12.6. The molecule has 0 unspecified atom stereocenters. The lowest BCUT2D eigenvalue weighted by Crippen LogP contribution is -2.18. The molecular formula is C15H16ClNO3. The number of aryl methyl sites for hydroxylation is 1. The molecule has 0 atom stereocenters. The van der Waals surface area contributed by atoms with Crippen molar-refractivity contribution in [3.63, 3.8) is 0 Å². The number of fused-ring (bicyclic) bond motifs is 1. The average molecular weight is 294 g/mol. The van der Waals surface area contributed by atoms with Gasteiger partial charge in [0.2, 0.25) is 0 Å². The molecule has 2 rings (SSSR count). The van der Waals surface area contributed by atoms with Gasteiger partial charge in [-0.15, -0.1) is 0 Å². The molecule has 0 aliphatic heterocycles. The van der Waals surface area contributed by atoms with Gasteiger partial charge >= 0.3 is 6.09 Å². The average Bonchev–Trinajstić information content (AvgIpc) is 2.65. The summed E-state index contributed by atoms with van der Waals surface area (Å²) in [6, 6.07) is 5.13. The minimum atomic E-state index is -0.445. The Hall–Kier alpha value is -1.81. The van der Waals surface area contributed by atoms with E-state index in [4.69, 9.17) is 16.3 Å². The molecule has 0 amide bonds. The number of Topliss-reactive ketones (excluding diaryl/α,β-unsaturated/α-hetero) is 1. The molecule has 1 aromatic heterocycles. The van der Waals surface area contributed by atoms with E-state index in [-0.39, 0.29) is 11.9 Å². The van der Waals surface area contributed by atoms with E-state index in [1.165, 1.54) is 11.5 Å². The van der Waals surface area contributed by atoms with Crippen LogP contribution in [-0.4, -0.2) is 22.5 Å². The van der Waals surface area contributed by atoms with Gasteiger partial charge in [0.05, 0.1) is 16.6 Å². The number of rotatable bonds is 2. The van der Waals surface area contributed by atoms with E-state index in [1.807, 2.05) is 0 Å². The van der Waals surface area contributed by atoms with E-state index in [0.717, 1.165) is 0 Å². The quantitative estimate of drug-likeness (QED) is 0.780. The number of carbonyl (C=O) groups is 2. The van der Waals surface area contributed by atoms with Gasteiger partial charge in [-0.05, 0) is 45.9 Å². The van der Waals surface area contributed by atoms with Gasteiger partial charge in [-0.25, -0.2) is 9.36 Å². The molecular weight excluding hydrogens is 278 g/mol. The number of benzene rings is 1. The smallest absolute Gasteiger partial charge is 0.418 e. The molecule has 0 saturated heterocycles. The Kier molecular flexibility index (Phi) is 3.86. The predicted octanol–water partition coefficient (Wildman–Crippen LogP) is 4.20. The maximum absolute atomic E-state index is 12.1. The van der Waals surface area contributed by atoms with Crippen molar-refractivity contribution in [3.8, 4) is 0 Å². The zero-order chi connectivity index (χ0) is 15.0. The minimum Gasteiger partial charge on any atom is -0.446 e. The van der Waals surface area contributed by atoms with E-state index >= 15 is 0 Å². The molecule has 0 N–H and O–H groups in total. The highest BCUT2D eigenvalue weighted by molar-refractivity contribution is 6.38. The number of aromatic nitrogens is 1. The number of hydrogen-bond donors (Lipinski definition) is 0. The van der Waals surface area contributed by atoms with E-state index in [1.54, 1.807) is 39.0 Å². The monoisotopic (exact) mass is 293 g/mol. The largest absolute Gasteiger partial charge is 0.446 e. The van der Waals surface area contributed by atoms with Crippen LogP contribution < -0.4 is 0 Å². The molecule has 5 heteroatoms. The molecule has 4 nitrogen and oxygen atoms in total. The van der Waals surface area contributed by atoms with Crippen LogP contribution in [0.15, 0.2) is 18.2 Å². The highest BCUT2D eigenvalue weighted by Gasteiger charge is 2.18. The molecule has 1 aromatic carbocycles. The third-order valence-corrected chi connectivity index (χ3v) is 3.41. The first-order valence-electron chi connectivity index (χ1n) is 6.35. The Morgan fingerprint density at radius 3 is 2.50 bits per heavy atom.